The molecule has 0 saturated carbocycles. The van der Waals surface area contributed by atoms with Crippen molar-refractivity contribution in [3.8, 4) is 11.5 Å². The Hall–Kier alpha value is -2.28. The van der Waals surface area contributed by atoms with Crippen molar-refractivity contribution in [2.24, 2.45) is 4.99 Å². The summed E-state index contributed by atoms with van der Waals surface area (Å²) in [5.41, 5.74) is 1.08. The summed E-state index contributed by atoms with van der Waals surface area (Å²) in [7, 11) is 1.65. The molecule has 0 aliphatic heterocycles. The molecule has 0 spiro atoms. The molecular weight excluding hydrogens is 348 g/mol. The van der Waals surface area contributed by atoms with Crippen molar-refractivity contribution in [2.45, 2.75) is 40.3 Å². The van der Waals surface area contributed by atoms with E-state index < -0.39 is 0 Å². The number of rotatable bonds is 8. The van der Waals surface area contributed by atoms with E-state index in [0.717, 1.165) is 34.7 Å². The third-order valence-electron chi connectivity index (χ3n) is 3.72. The number of benzene rings is 1. The fourth-order valence-electron chi connectivity index (χ4n) is 2.28. The molecule has 0 amide bonds. The summed E-state index contributed by atoms with van der Waals surface area (Å²) in [6.45, 7) is 10.2. The molecular formula is C19H28N4O2S. The van der Waals surface area contributed by atoms with Crippen LogP contribution in [-0.2, 0) is 6.54 Å². The summed E-state index contributed by atoms with van der Waals surface area (Å²) in [6, 6.07) is 7.61. The Morgan fingerprint density at radius 2 is 2.04 bits per heavy atom. The molecule has 1 aromatic heterocycles. The molecule has 142 valence electrons. The maximum absolute atomic E-state index is 5.93. The molecule has 0 aliphatic carbocycles. The minimum absolute atomic E-state index is 0.0182. The molecule has 2 aromatic rings. The van der Waals surface area contributed by atoms with Crippen molar-refractivity contribution in [3.63, 3.8) is 0 Å². The van der Waals surface area contributed by atoms with Crippen LogP contribution in [0.3, 0.4) is 0 Å². The number of aliphatic imine (C=N–C) groups is 1. The van der Waals surface area contributed by atoms with E-state index in [0.29, 0.717) is 13.1 Å². The molecule has 0 fully saturated rings. The van der Waals surface area contributed by atoms with Crippen molar-refractivity contribution in [1.29, 1.82) is 0 Å². The minimum atomic E-state index is -0.0182. The first-order valence-electron chi connectivity index (χ1n) is 8.77. The van der Waals surface area contributed by atoms with Crippen molar-refractivity contribution in [1.82, 2.24) is 15.6 Å². The molecule has 6 nitrogen and oxygen atoms in total. The van der Waals surface area contributed by atoms with Gasteiger partial charge in [0, 0.05) is 17.5 Å². The predicted octanol–water partition coefficient (Wildman–Crippen LogP) is 3.29. The van der Waals surface area contributed by atoms with E-state index in [9.17, 15) is 0 Å². The van der Waals surface area contributed by atoms with E-state index in [4.69, 9.17) is 9.47 Å². The number of thiazole rings is 1. The van der Waals surface area contributed by atoms with Gasteiger partial charge in [-0.25, -0.2) is 9.98 Å². The van der Waals surface area contributed by atoms with Gasteiger partial charge in [-0.2, -0.15) is 0 Å². The molecule has 1 atom stereocenters. The highest BCUT2D eigenvalue weighted by atomic mass is 32.1. The largest absolute Gasteiger partial charge is 0.497 e. The van der Waals surface area contributed by atoms with E-state index in [1.54, 1.807) is 18.4 Å². The number of aryl methyl sites for hydroxylation is 2. The van der Waals surface area contributed by atoms with Gasteiger partial charge in [-0.1, -0.05) is 6.07 Å². The van der Waals surface area contributed by atoms with Crippen LogP contribution in [0, 0.1) is 13.8 Å². The monoisotopic (exact) mass is 376 g/mol. The fourth-order valence-corrected chi connectivity index (χ4v) is 3.14. The first-order valence-corrected chi connectivity index (χ1v) is 9.59. The lowest BCUT2D eigenvalue weighted by Gasteiger charge is -2.18. The zero-order chi connectivity index (χ0) is 18.9. The Balaban J connectivity index is 1.88. The van der Waals surface area contributed by atoms with Gasteiger partial charge in [0.1, 0.15) is 22.6 Å². The average molecular weight is 377 g/mol. The molecule has 0 bridgehead atoms. The first kappa shape index (κ1) is 20.0. The maximum atomic E-state index is 5.93. The van der Waals surface area contributed by atoms with Crippen LogP contribution in [0.5, 0.6) is 11.5 Å². The van der Waals surface area contributed by atoms with E-state index in [2.05, 4.69) is 27.5 Å². The van der Waals surface area contributed by atoms with Gasteiger partial charge in [0.2, 0.25) is 0 Å². The highest BCUT2D eigenvalue weighted by Gasteiger charge is 2.08. The molecule has 1 heterocycles. The van der Waals surface area contributed by atoms with E-state index in [-0.39, 0.29) is 6.10 Å². The standard InChI is InChI=1S/C19H28N4O2S/c1-6-20-19(22-12-18-23-14(3)15(4)26-18)21-11-13(2)25-17-9-7-8-16(10-17)24-5/h7-10,13H,6,11-12H2,1-5H3,(H2,20,21,22). The SMILES string of the molecule is CCNC(=NCc1nc(C)c(C)s1)NCC(C)Oc1cccc(OC)c1. The predicted molar refractivity (Wildman–Crippen MR) is 107 cm³/mol. The number of hydrogen-bond donors (Lipinski definition) is 2. The van der Waals surface area contributed by atoms with E-state index in [1.807, 2.05) is 45.0 Å². The Morgan fingerprint density at radius 3 is 2.69 bits per heavy atom. The van der Waals surface area contributed by atoms with Crippen molar-refractivity contribution in [3.05, 3.63) is 39.8 Å². The first-order chi connectivity index (χ1) is 12.5. The summed E-state index contributed by atoms with van der Waals surface area (Å²) in [5.74, 6) is 2.33. The van der Waals surface area contributed by atoms with Gasteiger partial charge in [0.25, 0.3) is 0 Å². The highest BCUT2D eigenvalue weighted by molar-refractivity contribution is 7.11. The summed E-state index contributed by atoms with van der Waals surface area (Å²) in [5, 5.41) is 7.60. The Morgan fingerprint density at radius 1 is 1.27 bits per heavy atom. The summed E-state index contributed by atoms with van der Waals surface area (Å²) in [6.07, 6.45) is -0.0182. The number of hydrogen-bond acceptors (Lipinski definition) is 5. The smallest absolute Gasteiger partial charge is 0.191 e. The summed E-state index contributed by atoms with van der Waals surface area (Å²) >= 11 is 1.69. The fraction of sp³-hybridized carbons (Fsp3) is 0.474. The third-order valence-corrected chi connectivity index (χ3v) is 4.78. The number of methoxy groups -OCH3 is 1. The second kappa shape index (κ2) is 10.0. The average Bonchev–Trinajstić information content (AvgIpc) is 2.95. The van der Waals surface area contributed by atoms with Crippen LogP contribution >= 0.6 is 11.3 Å². The molecule has 0 saturated heterocycles. The summed E-state index contributed by atoms with van der Waals surface area (Å²) in [4.78, 5) is 10.4. The zero-order valence-electron chi connectivity index (χ0n) is 16.1. The topological polar surface area (TPSA) is 67.8 Å². The normalized spacial score (nSPS) is 12.6. The second-order valence-corrected chi connectivity index (χ2v) is 7.22. The van der Waals surface area contributed by atoms with Crippen molar-refractivity contribution >= 4 is 17.3 Å². The van der Waals surface area contributed by atoms with Gasteiger partial charge >= 0.3 is 0 Å². The Kier molecular flexibility index (Phi) is 7.72. The van der Waals surface area contributed by atoms with Gasteiger partial charge in [-0.05, 0) is 39.8 Å². The highest BCUT2D eigenvalue weighted by Crippen LogP contribution is 2.20. The second-order valence-electron chi connectivity index (χ2n) is 5.93. The Labute approximate surface area is 159 Å². The van der Waals surface area contributed by atoms with Crippen molar-refractivity contribution < 1.29 is 9.47 Å². The lowest BCUT2D eigenvalue weighted by atomic mass is 10.3. The van der Waals surface area contributed by atoms with Gasteiger partial charge in [-0.3, -0.25) is 0 Å². The van der Waals surface area contributed by atoms with Gasteiger partial charge in [0.15, 0.2) is 5.96 Å². The number of aromatic nitrogens is 1. The van der Waals surface area contributed by atoms with E-state index >= 15 is 0 Å². The maximum Gasteiger partial charge on any atom is 0.191 e. The zero-order valence-corrected chi connectivity index (χ0v) is 16.9. The summed E-state index contributed by atoms with van der Waals surface area (Å²) < 4.78 is 11.2. The Bertz CT molecular complexity index is 711. The third kappa shape index (κ3) is 6.22. The van der Waals surface area contributed by atoms with Crippen LogP contribution in [-0.4, -0.2) is 37.2 Å². The van der Waals surface area contributed by atoms with Crippen LogP contribution in [0.1, 0.15) is 29.4 Å². The molecule has 7 heteroatoms. The van der Waals surface area contributed by atoms with Gasteiger partial charge in [0.05, 0.1) is 25.9 Å². The molecule has 1 aromatic carbocycles. The number of nitrogens with zero attached hydrogens (tertiary/aromatic N) is 2. The van der Waals surface area contributed by atoms with Gasteiger partial charge in [-0.15, -0.1) is 11.3 Å². The minimum Gasteiger partial charge on any atom is -0.497 e. The number of ether oxygens (including phenoxy) is 2. The molecule has 26 heavy (non-hydrogen) atoms. The molecule has 0 radical (unpaired) electrons. The van der Waals surface area contributed by atoms with Crippen LogP contribution in [0.15, 0.2) is 29.3 Å². The quantitative estimate of drug-likeness (QED) is 0.547. The van der Waals surface area contributed by atoms with Crippen LogP contribution in [0.4, 0.5) is 0 Å². The van der Waals surface area contributed by atoms with Crippen LogP contribution < -0.4 is 20.1 Å². The molecule has 1 unspecified atom stereocenters. The van der Waals surface area contributed by atoms with Gasteiger partial charge < -0.3 is 20.1 Å². The number of guanidine groups is 1. The lowest BCUT2D eigenvalue weighted by molar-refractivity contribution is 0.223. The number of nitrogens with one attached hydrogen (secondary N) is 2. The lowest BCUT2D eigenvalue weighted by Crippen LogP contribution is -2.41. The molecule has 0 aliphatic rings. The van der Waals surface area contributed by atoms with Crippen molar-refractivity contribution in [2.75, 3.05) is 20.2 Å². The molecule has 2 rings (SSSR count). The van der Waals surface area contributed by atoms with E-state index in [1.165, 1.54) is 4.88 Å². The van der Waals surface area contributed by atoms with Crippen LogP contribution in [0.2, 0.25) is 0 Å². The van der Waals surface area contributed by atoms with Crippen LogP contribution in [0.25, 0.3) is 0 Å². The molecule has 2 N–H and O–H groups in total.